The Hall–Kier alpha value is -2.98. The van der Waals surface area contributed by atoms with Crippen LogP contribution in [0.3, 0.4) is 0 Å². The average molecular weight is 453 g/mol. The quantitative estimate of drug-likeness (QED) is 0.544. The molecule has 0 heterocycles. The monoisotopic (exact) mass is 453 g/mol. The average Bonchev–Trinajstić information content (AvgIpc) is 2.61. The summed E-state index contributed by atoms with van der Waals surface area (Å²) in [4.78, 5) is 12.2. The smallest absolute Gasteiger partial charge is 0.493 e. The number of hydrogen-bond donors (Lipinski definition) is 1. The van der Waals surface area contributed by atoms with E-state index in [0.29, 0.717) is 5.56 Å². The van der Waals surface area contributed by atoms with Gasteiger partial charge in [0.25, 0.3) is 5.91 Å². The highest BCUT2D eigenvalue weighted by atomic mass is 19.4. The Morgan fingerprint density at radius 3 is 2.16 bits per heavy atom. The molecule has 4 nitrogen and oxygen atoms in total. The van der Waals surface area contributed by atoms with Crippen LogP contribution in [0.5, 0.6) is 11.5 Å². The van der Waals surface area contributed by atoms with E-state index in [0.717, 1.165) is 24.3 Å². The van der Waals surface area contributed by atoms with Crippen molar-refractivity contribution in [3.05, 3.63) is 59.4 Å². The molecule has 2 aromatic rings. The zero-order chi connectivity index (χ0) is 23.2. The minimum absolute atomic E-state index is 0.146. The first-order valence-corrected chi connectivity index (χ1v) is 8.97. The minimum atomic E-state index is -4.80. The summed E-state index contributed by atoms with van der Waals surface area (Å²) in [5.41, 5.74) is 0.278. The van der Waals surface area contributed by atoms with Crippen LogP contribution in [0, 0.1) is 5.82 Å². The van der Waals surface area contributed by atoms with Gasteiger partial charge in [0.15, 0.2) is 0 Å². The molecule has 0 spiro atoms. The SMILES string of the molecule is CC(Cc1ccc(OC(F)(F)F)cc1)NC(=O)c1ccc(OCCC(F)(F)F)cc1F. The molecule has 0 aliphatic rings. The lowest BCUT2D eigenvalue weighted by Crippen LogP contribution is -2.34. The first kappa shape index (κ1) is 24.3. The first-order valence-electron chi connectivity index (χ1n) is 8.97. The van der Waals surface area contributed by atoms with Crippen LogP contribution in [0.2, 0.25) is 0 Å². The van der Waals surface area contributed by atoms with Crippen LogP contribution in [0.1, 0.15) is 29.3 Å². The molecule has 11 heteroatoms. The largest absolute Gasteiger partial charge is 0.573 e. The van der Waals surface area contributed by atoms with Gasteiger partial charge in [0.1, 0.15) is 17.3 Å². The maximum atomic E-state index is 14.1. The molecule has 1 amide bonds. The molecule has 0 aliphatic heterocycles. The number of nitrogens with one attached hydrogen (secondary N) is 1. The molecular weight excluding hydrogens is 435 g/mol. The van der Waals surface area contributed by atoms with E-state index in [1.807, 2.05) is 0 Å². The van der Waals surface area contributed by atoms with Gasteiger partial charge in [0.05, 0.1) is 18.6 Å². The van der Waals surface area contributed by atoms with Gasteiger partial charge in [0, 0.05) is 12.1 Å². The van der Waals surface area contributed by atoms with E-state index in [-0.39, 0.29) is 23.5 Å². The predicted molar refractivity (Wildman–Crippen MR) is 96.3 cm³/mol. The van der Waals surface area contributed by atoms with Gasteiger partial charge in [-0.3, -0.25) is 4.79 Å². The number of ether oxygens (including phenoxy) is 2. The number of hydrogen-bond acceptors (Lipinski definition) is 3. The van der Waals surface area contributed by atoms with E-state index in [4.69, 9.17) is 4.74 Å². The molecule has 0 radical (unpaired) electrons. The van der Waals surface area contributed by atoms with Crippen molar-refractivity contribution >= 4 is 5.91 Å². The van der Waals surface area contributed by atoms with E-state index in [9.17, 15) is 35.5 Å². The van der Waals surface area contributed by atoms with E-state index in [1.54, 1.807) is 6.92 Å². The standard InChI is InChI=1S/C20H18F7NO3/c1-12(10-13-2-4-14(5-3-13)31-20(25,26)27)28-18(29)16-7-6-15(11-17(16)21)30-9-8-19(22,23)24/h2-7,11-12H,8-10H2,1H3,(H,28,29). The van der Waals surface area contributed by atoms with Gasteiger partial charge in [-0.25, -0.2) is 4.39 Å². The number of carbonyl (C=O) groups excluding carboxylic acids is 1. The summed E-state index contributed by atoms with van der Waals surface area (Å²) in [6.45, 7) is 0.933. The Labute approximate surface area is 173 Å². The number of amides is 1. The number of carbonyl (C=O) groups is 1. The lowest BCUT2D eigenvalue weighted by Gasteiger charge is -2.15. The Bertz CT molecular complexity index is 880. The summed E-state index contributed by atoms with van der Waals surface area (Å²) < 4.78 is 95.6. The molecule has 0 saturated carbocycles. The number of benzene rings is 2. The third kappa shape index (κ3) is 8.73. The number of alkyl halides is 6. The van der Waals surface area contributed by atoms with E-state index in [2.05, 4.69) is 10.1 Å². The second kappa shape index (κ2) is 9.88. The van der Waals surface area contributed by atoms with Crippen molar-refractivity contribution in [2.45, 2.75) is 38.3 Å². The molecule has 1 atom stereocenters. The molecule has 0 aromatic heterocycles. The second-order valence-corrected chi connectivity index (χ2v) is 6.63. The molecule has 0 saturated heterocycles. The van der Waals surface area contributed by atoms with Crippen molar-refractivity contribution in [3.63, 3.8) is 0 Å². The van der Waals surface area contributed by atoms with Gasteiger partial charge in [0.2, 0.25) is 0 Å². The lowest BCUT2D eigenvalue weighted by atomic mass is 10.1. The Kier molecular flexibility index (Phi) is 7.75. The van der Waals surface area contributed by atoms with Crippen molar-refractivity contribution in [1.82, 2.24) is 5.32 Å². The van der Waals surface area contributed by atoms with Gasteiger partial charge in [-0.15, -0.1) is 13.2 Å². The maximum Gasteiger partial charge on any atom is 0.573 e. The molecular formula is C20H18F7NO3. The second-order valence-electron chi connectivity index (χ2n) is 6.63. The van der Waals surface area contributed by atoms with Crippen LogP contribution >= 0.6 is 0 Å². The molecule has 31 heavy (non-hydrogen) atoms. The first-order chi connectivity index (χ1) is 14.3. The molecule has 2 rings (SSSR count). The van der Waals surface area contributed by atoms with Crippen LogP contribution in [-0.4, -0.2) is 31.1 Å². The van der Waals surface area contributed by atoms with E-state index >= 15 is 0 Å². The van der Waals surface area contributed by atoms with Crippen molar-refractivity contribution in [3.8, 4) is 11.5 Å². The molecule has 0 aliphatic carbocycles. The Morgan fingerprint density at radius 1 is 1.00 bits per heavy atom. The summed E-state index contributed by atoms with van der Waals surface area (Å²) >= 11 is 0. The fourth-order valence-electron chi connectivity index (χ4n) is 2.59. The summed E-state index contributed by atoms with van der Waals surface area (Å²) in [7, 11) is 0. The molecule has 0 fully saturated rings. The van der Waals surface area contributed by atoms with Crippen molar-refractivity contribution in [2.24, 2.45) is 0 Å². The normalized spacial score (nSPS) is 12.9. The summed E-state index contributed by atoms with van der Waals surface area (Å²) in [6, 6.07) is 7.65. The molecule has 1 unspecified atom stereocenters. The lowest BCUT2D eigenvalue weighted by molar-refractivity contribution is -0.274. The predicted octanol–water partition coefficient (Wildman–Crippen LogP) is 5.42. The number of rotatable bonds is 8. The Morgan fingerprint density at radius 2 is 1.61 bits per heavy atom. The zero-order valence-corrected chi connectivity index (χ0v) is 16.1. The van der Waals surface area contributed by atoms with E-state index in [1.165, 1.54) is 18.2 Å². The van der Waals surface area contributed by atoms with Crippen LogP contribution < -0.4 is 14.8 Å². The van der Waals surface area contributed by atoms with Gasteiger partial charge in [-0.05, 0) is 43.2 Å². The van der Waals surface area contributed by atoms with E-state index < -0.39 is 43.3 Å². The highest BCUT2D eigenvalue weighted by molar-refractivity contribution is 5.94. The van der Waals surface area contributed by atoms with Gasteiger partial charge in [-0.2, -0.15) is 13.2 Å². The molecule has 0 bridgehead atoms. The van der Waals surface area contributed by atoms with Crippen LogP contribution in [0.15, 0.2) is 42.5 Å². The molecule has 2 aromatic carbocycles. The van der Waals surface area contributed by atoms with Gasteiger partial charge in [-0.1, -0.05) is 12.1 Å². The topological polar surface area (TPSA) is 47.6 Å². The van der Waals surface area contributed by atoms with Crippen LogP contribution in [0.25, 0.3) is 0 Å². The third-order valence-corrected chi connectivity index (χ3v) is 3.92. The van der Waals surface area contributed by atoms with Crippen LogP contribution in [-0.2, 0) is 6.42 Å². The molecule has 170 valence electrons. The van der Waals surface area contributed by atoms with Crippen LogP contribution in [0.4, 0.5) is 30.7 Å². The fourth-order valence-corrected chi connectivity index (χ4v) is 2.59. The zero-order valence-electron chi connectivity index (χ0n) is 16.1. The third-order valence-electron chi connectivity index (χ3n) is 3.92. The van der Waals surface area contributed by atoms with Gasteiger partial charge < -0.3 is 14.8 Å². The Balaban J connectivity index is 1.90. The number of halogens is 7. The maximum absolute atomic E-state index is 14.1. The minimum Gasteiger partial charge on any atom is -0.493 e. The summed E-state index contributed by atoms with van der Waals surface area (Å²) in [5.74, 6) is -2.26. The van der Waals surface area contributed by atoms with Crippen molar-refractivity contribution in [2.75, 3.05) is 6.61 Å². The van der Waals surface area contributed by atoms with Gasteiger partial charge >= 0.3 is 12.5 Å². The summed E-state index contributed by atoms with van der Waals surface area (Å²) in [6.07, 6.45) is -10.2. The fraction of sp³-hybridized carbons (Fsp3) is 0.350. The highest BCUT2D eigenvalue weighted by Gasteiger charge is 2.31. The van der Waals surface area contributed by atoms with Crippen molar-refractivity contribution in [1.29, 1.82) is 0 Å². The highest BCUT2D eigenvalue weighted by Crippen LogP contribution is 2.24. The molecule has 1 N–H and O–H groups in total. The van der Waals surface area contributed by atoms with Crippen molar-refractivity contribution < 1.29 is 45.0 Å². The summed E-state index contributed by atoms with van der Waals surface area (Å²) in [5, 5.41) is 2.54.